The van der Waals surface area contributed by atoms with Crippen molar-refractivity contribution in [3.63, 3.8) is 0 Å². The number of rotatable bonds is 1. The van der Waals surface area contributed by atoms with Crippen LogP contribution < -0.4 is 0 Å². The van der Waals surface area contributed by atoms with E-state index in [4.69, 9.17) is 0 Å². The Labute approximate surface area is 140 Å². The molecule has 0 aliphatic heterocycles. The largest absolute Gasteiger partial charge is 0.300 e. The smallest absolute Gasteiger partial charge is 0.133 e. The minimum atomic E-state index is -0.549. The van der Waals surface area contributed by atoms with Crippen molar-refractivity contribution in [2.75, 3.05) is 0 Å². The van der Waals surface area contributed by atoms with E-state index in [0.717, 1.165) is 43.4 Å². The van der Waals surface area contributed by atoms with Gasteiger partial charge in [-0.05, 0) is 99.2 Å². The lowest BCUT2D eigenvalue weighted by Crippen LogP contribution is -2.54. The van der Waals surface area contributed by atoms with E-state index in [1.54, 1.807) is 0 Å². The Hall–Kier alpha value is -0.400. The number of alkyl halides is 1. The molecule has 4 saturated carbocycles. The Kier molecular flexibility index (Phi) is 3.71. The summed E-state index contributed by atoms with van der Waals surface area (Å²) in [7, 11) is 0. The predicted octanol–water partition coefficient (Wildman–Crippen LogP) is 5.57. The zero-order valence-corrected chi connectivity index (χ0v) is 15.1. The van der Waals surface area contributed by atoms with Gasteiger partial charge in [-0.3, -0.25) is 4.79 Å². The summed E-state index contributed by atoms with van der Waals surface area (Å²) in [6.07, 6.45) is 9.56. The summed E-state index contributed by atoms with van der Waals surface area (Å²) in [5.74, 6) is 3.68. The Morgan fingerprint density at radius 3 is 2.35 bits per heavy atom. The molecular weight excluding hydrogens is 287 g/mol. The van der Waals surface area contributed by atoms with Gasteiger partial charge in [0.2, 0.25) is 0 Å². The van der Waals surface area contributed by atoms with Crippen molar-refractivity contribution in [1.29, 1.82) is 0 Å². The minimum absolute atomic E-state index is 0.257. The standard InChI is InChI=1S/C21H33FO/c1-13(23)17-6-7-18-16-5-4-14-12-15(22)8-10-20(14,2)19(16)9-11-21(17,18)3/h14-19H,4-12H2,1-3H3/t14-,15+,16?,17+,18?,19?,20-,21+/m0/s1. The van der Waals surface area contributed by atoms with E-state index in [1.807, 2.05) is 6.92 Å². The molecule has 8 atom stereocenters. The van der Waals surface area contributed by atoms with Crippen molar-refractivity contribution < 1.29 is 9.18 Å². The van der Waals surface area contributed by atoms with E-state index in [9.17, 15) is 9.18 Å². The molecule has 0 aromatic heterocycles. The molecule has 4 aliphatic carbocycles. The summed E-state index contributed by atoms with van der Waals surface area (Å²) in [5.41, 5.74) is 0.634. The molecule has 4 fully saturated rings. The van der Waals surface area contributed by atoms with Gasteiger partial charge in [-0.2, -0.15) is 0 Å². The predicted molar refractivity (Wildman–Crippen MR) is 90.8 cm³/mol. The maximum absolute atomic E-state index is 13.9. The molecule has 3 unspecified atom stereocenters. The van der Waals surface area contributed by atoms with Crippen LogP contribution in [-0.4, -0.2) is 12.0 Å². The van der Waals surface area contributed by atoms with Gasteiger partial charge in [0.1, 0.15) is 12.0 Å². The lowest BCUT2D eigenvalue weighted by atomic mass is 9.44. The molecule has 0 bridgehead atoms. The molecule has 0 N–H and O–H groups in total. The van der Waals surface area contributed by atoms with Crippen LogP contribution in [0.3, 0.4) is 0 Å². The van der Waals surface area contributed by atoms with Crippen molar-refractivity contribution in [1.82, 2.24) is 0 Å². The fraction of sp³-hybridized carbons (Fsp3) is 0.952. The van der Waals surface area contributed by atoms with Gasteiger partial charge in [-0.15, -0.1) is 0 Å². The normalized spacial score (nSPS) is 55.7. The number of hydrogen-bond donors (Lipinski definition) is 0. The summed E-state index contributed by atoms with van der Waals surface area (Å²) in [6, 6.07) is 0. The van der Waals surface area contributed by atoms with Crippen molar-refractivity contribution in [2.45, 2.75) is 84.7 Å². The highest BCUT2D eigenvalue weighted by molar-refractivity contribution is 5.79. The van der Waals surface area contributed by atoms with Crippen LogP contribution in [0.5, 0.6) is 0 Å². The van der Waals surface area contributed by atoms with Gasteiger partial charge in [-0.1, -0.05) is 13.8 Å². The molecule has 4 rings (SSSR count). The molecule has 0 saturated heterocycles. The average Bonchev–Trinajstić information content (AvgIpc) is 2.85. The summed E-state index contributed by atoms with van der Waals surface area (Å²) in [6.45, 7) is 6.71. The summed E-state index contributed by atoms with van der Waals surface area (Å²) in [4.78, 5) is 12.2. The number of hydrogen-bond acceptors (Lipinski definition) is 1. The molecular formula is C21H33FO. The van der Waals surface area contributed by atoms with Crippen LogP contribution in [0.1, 0.15) is 78.6 Å². The van der Waals surface area contributed by atoms with Gasteiger partial charge < -0.3 is 0 Å². The topological polar surface area (TPSA) is 17.1 Å². The second kappa shape index (κ2) is 5.30. The van der Waals surface area contributed by atoms with E-state index >= 15 is 0 Å². The number of carbonyl (C=O) groups is 1. The van der Waals surface area contributed by atoms with Crippen LogP contribution in [-0.2, 0) is 4.79 Å². The van der Waals surface area contributed by atoms with Gasteiger partial charge in [0.05, 0.1) is 0 Å². The van der Waals surface area contributed by atoms with E-state index < -0.39 is 6.17 Å². The summed E-state index contributed by atoms with van der Waals surface area (Å²) < 4.78 is 13.9. The van der Waals surface area contributed by atoms with Crippen molar-refractivity contribution in [2.24, 2.45) is 40.4 Å². The number of carbonyl (C=O) groups excluding carboxylic acids is 1. The van der Waals surface area contributed by atoms with Crippen LogP contribution in [0.15, 0.2) is 0 Å². The van der Waals surface area contributed by atoms with Crippen LogP contribution in [0, 0.1) is 40.4 Å². The molecule has 0 spiro atoms. The molecule has 0 heterocycles. The van der Waals surface area contributed by atoms with Crippen LogP contribution >= 0.6 is 0 Å². The van der Waals surface area contributed by atoms with Crippen molar-refractivity contribution in [3.05, 3.63) is 0 Å². The first kappa shape index (κ1) is 16.1. The molecule has 2 heteroatoms. The van der Waals surface area contributed by atoms with Crippen LogP contribution in [0.4, 0.5) is 4.39 Å². The highest BCUT2D eigenvalue weighted by atomic mass is 19.1. The Bertz CT molecular complexity index is 502. The number of Topliss-reactive ketones (excluding diaryl/α,β-unsaturated/α-hetero) is 1. The number of ketones is 1. The third kappa shape index (κ3) is 2.19. The highest BCUT2D eigenvalue weighted by Gasteiger charge is 2.60. The van der Waals surface area contributed by atoms with Gasteiger partial charge >= 0.3 is 0 Å². The first-order valence-corrected chi connectivity index (χ1v) is 10.0. The fourth-order valence-electron chi connectivity index (χ4n) is 7.87. The average molecular weight is 320 g/mol. The molecule has 0 amide bonds. The van der Waals surface area contributed by atoms with Gasteiger partial charge in [0, 0.05) is 5.92 Å². The number of fused-ring (bicyclic) bond motifs is 5. The van der Waals surface area contributed by atoms with Crippen molar-refractivity contribution in [3.8, 4) is 0 Å². The SMILES string of the molecule is CC(=O)[C@H]1CCC2C3CC[C@H]4C[C@H](F)CC[C@]4(C)C3CC[C@@]21C. The van der Waals surface area contributed by atoms with Gasteiger partial charge in [0.15, 0.2) is 0 Å². The minimum Gasteiger partial charge on any atom is -0.300 e. The van der Waals surface area contributed by atoms with E-state index in [0.29, 0.717) is 23.0 Å². The van der Waals surface area contributed by atoms with Gasteiger partial charge in [-0.25, -0.2) is 4.39 Å². The quantitative estimate of drug-likeness (QED) is 0.617. The molecule has 0 aromatic rings. The second-order valence-corrected chi connectivity index (χ2v) is 9.81. The second-order valence-electron chi connectivity index (χ2n) is 9.81. The monoisotopic (exact) mass is 320 g/mol. The van der Waals surface area contributed by atoms with E-state index in [1.165, 1.54) is 32.1 Å². The molecule has 0 radical (unpaired) electrons. The maximum atomic E-state index is 13.9. The molecule has 0 aromatic carbocycles. The lowest BCUT2D eigenvalue weighted by molar-refractivity contribution is -0.135. The first-order chi connectivity index (χ1) is 10.9. The van der Waals surface area contributed by atoms with E-state index in [2.05, 4.69) is 13.8 Å². The number of halogens is 1. The first-order valence-electron chi connectivity index (χ1n) is 10.0. The molecule has 1 nitrogen and oxygen atoms in total. The van der Waals surface area contributed by atoms with Gasteiger partial charge in [0.25, 0.3) is 0 Å². The Balaban J connectivity index is 1.61. The zero-order chi connectivity index (χ0) is 16.4. The molecule has 4 aliphatic rings. The lowest BCUT2D eigenvalue weighted by Gasteiger charge is -2.60. The highest BCUT2D eigenvalue weighted by Crippen LogP contribution is 2.67. The van der Waals surface area contributed by atoms with Crippen LogP contribution in [0.2, 0.25) is 0 Å². The third-order valence-corrected chi connectivity index (χ3v) is 9.09. The van der Waals surface area contributed by atoms with Crippen LogP contribution in [0.25, 0.3) is 0 Å². The summed E-state index contributed by atoms with van der Waals surface area (Å²) >= 11 is 0. The fourth-order valence-corrected chi connectivity index (χ4v) is 7.87. The van der Waals surface area contributed by atoms with E-state index in [-0.39, 0.29) is 5.41 Å². The maximum Gasteiger partial charge on any atom is 0.133 e. The van der Waals surface area contributed by atoms with Crippen molar-refractivity contribution >= 4 is 5.78 Å². The Morgan fingerprint density at radius 1 is 0.913 bits per heavy atom. The zero-order valence-electron chi connectivity index (χ0n) is 15.1. The molecule has 130 valence electrons. The summed E-state index contributed by atoms with van der Waals surface area (Å²) in [5, 5.41) is 0. The molecule has 23 heavy (non-hydrogen) atoms. The third-order valence-electron chi connectivity index (χ3n) is 9.09. The Morgan fingerprint density at radius 2 is 1.61 bits per heavy atom.